The standard InChI is InChI=1S/C13H9.C6H14.C5H5.CH3.2ClH.H3Si.Zr/c1-3-7-12-10(5-1)9-11-6-2-4-8-13(11)12;1-3-5-6-4-2;1-2-4-5-3-1;;;;;/h1-5,7-8H,9H2;3-6H2,1-2H3;1-3H,4H2;1H3;2*1H;1H3;. The van der Waals surface area contributed by atoms with Gasteiger partial charge in [-0.1, -0.05) is 39.5 Å². The van der Waals surface area contributed by atoms with Crippen LogP contribution in [0.5, 0.6) is 0 Å². The molecular formula is C25H36Cl2SiZr. The summed E-state index contributed by atoms with van der Waals surface area (Å²) in [5.41, 5.74) is 6.15. The van der Waals surface area contributed by atoms with E-state index in [1.807, 2.05) is 0 Å². The van der Waals surface area contributed by atoms with Gasteiger partial charge in [-0.2, -0.15) is 0 Å². The molecule has 2 aliphatic carbocycles. The minimum atomic E-state index is -2.25. The molecule has 0 nitrogen and oxygen atoms in total. The van der Waals surface area contributed by atoms with Crippen molar-refractivity contribution in [3.05, 3.63) is 75.1 Å². The van der Waals surface area contributed by atoms with Crippen molar-refractivity contribution in [2.75, 3.05) is 0 Å². The summed E-state index contributed by atoms with van der Waals surface area (Å²) >= 11 is -2.25. The molecule has 2 aliphatic rings. The van der Waals surface area contributed by atoms with Gasteiger partial charge in [0.05, 0.1) is 0 Å². The molecule has 0 bridgehead atoms. The van der Waals surface area contributed by atoms with Crippen molar-refractivity contribution in [2.24, 2.45) is 0 Å². The topological polar surface area (TPSA) is 0 Å². The maximum atomic E-state index is 2.64. The molecule has 0 aromatic heterocycles. The molecule has 4 rings (SSSR count). The van der Waals surface area contributed by atoms with E-state index in [9.17, 15) is 0 Å². The van der Waals surface area contributed by atoms with Gasteiger partial charge in [-0.3, -0.25) is 0 Å². The van der Waals surface area contributed by atoms with Crippen LogP contribution in [0.4, 0.5) is 0 Å². The number of hydrogen-bond donors (Lipinski definition) is 0. The van der Waals surface area contributed by atoms with Crippen LogP contribution in [-0.4, -0.2) is 7.37 Å². The Hall–Kier alpha value is -0.400. The average molecular weight is 527 g/mol. The fourth-order valence-electron chi connectivity index (χ4n) is 4.33. The minimum absolute atomic E-state index is 0. The van der Waals surface area contributed by atoms with Crippen molar-refractivity contribution in [2.45, 2.75) is 57.0 Å². The van der Waals surface area contributed by atoms with E-state index >= 15 is 0 Å². The summed E-state index contributed by atoms with van der Waals surface area (Å²) in [5.74, 6) is 0. The van der Waals surface area contributed by atoms with Gasteiger partial charge in [0.25, 0.3) is 0 Å². The Morgan fingerprint density at radius 3 is 2.17 bits per heavy atom. The molecule has 2 aromatic rings. The first-order valence-corrected chi connectivity index (χ1v) is 24.0. The van der Waals surface area contributed by atoms with Crippen molar-refractivity contribution in [1.29, 1.82) is 0 Å². The normalized spacial score (nSPS) is 15.1. The zero-order valence-electron chi connectivity index (χ0n) is 18.3. The SMILES string of the molecule is CCCCCC.Cl.Cl.[CH3][Zr]([SiH3])([C]1=CC=CC1)[c]1cccc2c1Cc1ccccc1-2. The van der Waals surface area contributed by atoms with Crippen molar-refractivity contribution >= 4 is 35.5 Å². The Balaban J connectivity index is 0.000000467. The Morgan fingerprint density at radius 2 is 1.55 bits per heavy atom. The molecule has 1 atom stereocenters. The molecule has 0 N–H and O–H groups in total. The molecule has 0 fully saturated rings. The predicted molar refractivity (Wildman–Crippen MR) is 136 cm³/mol. The van der Waals surface area contributed by atoms with E-state index < -0.39 is 19.4 Å². The molecule has 0 spiro atoms. The first kappa shape index (κ1) is 26.6. The molecular weight excluding hydrogens is 490 g/mol. The molecule has 158 valence electrons. The Morgan fingerprint density at radius 1 is 0.897 bits per heavy atom. The molecule has 0 saturated carbocycles. The van der Waals surface area contributed by atoms with Crippen molar-refractivity contribution < 1.29 is 19.4 Å². The number of rotatable bonds is 5. The van der Waals surface area contributed by atoms with Crippen LogP contribution in [0, 0.1) is 0 Å². The Labute approximate surface area is 196 Å². The van der Waals surface area contributed by atoms with Gasteiger partial charge in [-0.25, -0.2) is 0 Å². The second kappa shape index (κ2) is 12.5. The van der Waals surface area contributed by atoms with E-state index in [0.29, 0.717) is 0 Å². The quantitative estimate of drug-likeness (QED) is 0.258. The molecule has 29 heavy (non-hydrogen) atoms. The first-order chi connectivity index (χ1) is 13.1. The summed E-state index contributed by atoms with van der Waals surface area (Å²) in [6.45, 7) is 4.46. The summed E-state index contributed by atoms with van der Waals surface area (Å²) in [6, 6.07) is 16.0. The summed E-state index contributed by atoms with van der Waals surface area (Å²) in [4.78, 5) is 0. The van der Waals surface area contributed by atoms with Crippen LogP contribution in [0.25, 0.3) is 11.1 Å². The van der Waals surface area contributed by atoms with Crippen LogP contribution in [0.3, 0.4) is 0 Å². The molecule has 0 radical (unpaired) electrons. The van der Waals surface area contributed by atoms with Crippen LogP contribution >= 0.6 is 24.8 Å². The van der Waals surface area contributed by atoms with Gasteiger partial charge in [0.15, 0.2) is 0 Å². The summed E-state index contributed by atoms with van der Waals surface area (Å²) < 4.78 is 6.19. The fraction of sp³-hybridized carbons (Fsp3) is 0.360. The molecule has 0 amide bonds. The van der Waals surface area contributed by atoms with Crippen LogP contribution in [0.2, 0.25) is 4.63 Å². The number of fused-ring (bicyclic) bond motifs is 3. The third-order valence-corrected chi connectivity index (χ3v) is 22.4. The van der Waals surface area contributed by atoms with Gasteiger partial charge < -0.3 is 0 Å². The number of unbranched alkanes of at least 4 members (excludes halogenated alkanes) is 3. The monoisotopic (exact) mass is 524 g/mol. The van der Waals surface area contributed by atoms with Crippen molar-refractivity contribution in [3.8, 4) is 11.1 Å². The molecule has 0 heterocycles. The van der Waals surface area contributed by atoms with E-state index in [0.717, 1.165) is 6.42 Å². The third kappa shape index (κ3) is 6.07. The molecule has 1 unspecified atom stereocenters. The molecule has 0 saturated heterocycles. The van der Waals surface area contributed by atoms with E-state index in [4.69, 9.17) is 0 Å². The Bertz CT molecular complexity index is 852. The van der Waals surface area contributed by atoms with E-state index in [1.54, 1.807) is 12.1 Å². The van der Waals surface area contributed by atoms with Crippen LogP contribution in [-0.2, 0) is 25.8 Å². The van der Waals surface area contributed by atoms with Crippen molar-refractivity contribution in [3.63, 3.8) is 0 Å². The maximum absolute atomic E-state index is 2.64. The Kier molecular flexibility index (Phi) is 11.4. The van der Waals surface area contributed by atoms with Gasteiger partial charge in [0.2, 0.25) is 0 Å². The first-order valence-electron chi connectivity index (χ1n) is 10.7. The molecule has 0 aliphatic heterocycles. The third-order valence-electron chi connectivity index (χ3n) is 6.06. The van der Waals surface area contributed by atoms with Crippen LogP contribution < -0.4 is 3.27 Å². The predicted octanol–water partition coefficient (Wildman–Crippen LogP) is 6.64. The number of allylic oxidation sites excluding steroid dienone is 4. The van der Waals surface area contributed by atoms with Gasteiger partial charge in [-0.05, 0) is 0 Å². The second-order valence-electron chi connectivity index (χ2n) is 8.32. The summed E-state index contributed by atoms with van der Waals surface area (Å²) in [6.07, 6.45) is 14.9. The second-order valence-corrected chi connectivity index (χ2v) is 31.0. The van der Waals surface area contributed by atoms with Crippen molar-refractivity contribution in [1.82, 2.24) is 0 Å². The zero-order valence-corrected chi connectivity index (χ0v) is 24.4. The number of benzene rings is 2. The fourth-order valence-corrected chi connectivity index (χ4v) is 16.6. The molecule has 4 heteroatoms. The summed E-state index contributed by atoms with van der Waals surface area (Å²) in [5, 5.41) is 0. The number of halogens is 2. The van der Waals surface area contributed by atoms with Crippen LogP contribution in [0.1, 0.15) is 57.1 Å². The zero-order chi connectivity index (χ0) is 19.3. The van der Waals surface area contributed by atoms with E-state index in [-0.39, 0.29) is 24.8 Å². The van der Waals surface area contributed by atoms with Gasteiger partial charge in [-0.15, -0.1) is 24.8 Å². The summed E-state index contributed by atoms with van der Waals surface area (Å²) in [7, 11) is 1.36. The molecule has 2 aromatic carbocycles. The van der Waals surface area contributed by atoms with Gasteiger partial charge >= 0.3 is 134 Å². The number of hydrogen-bond acceptors (Lipinski definition) is 0. The average Bonchev–Trinajstić information content (AvgIpc) is 3.34. The van der Waals surface area contributed by atoms with Gasteiger partial charge in [0.1, 0.15) is 0 Å². The van der Waals surface area contributed by atoms with Crippen LogP contribution in [0.15, 0.2) is 64.0 Å². The van der Waals surface area contributed by atoms with E-state index in [2.05, 4.69) is 79.2 Å². The van der Waals surface area contributed by atoms with E-state index in [1.165, 1.54) is 56.2 Å². The van der Waals surface area contributed by atoms with Gasteiger partial charge in [0, 0.05) is 0 Å².